The molecule has 1 aromatic carbocycles. The third-order valence-corrected chi connectivity index (χ3v) is 3.84. The van der Waals surface area contributed by atoms with Crippen molar-refractivity contribution in [1.29, 1.82) is 0 Å². The molecule has 0 aliphatic heterocycles. The van der Waals surface area contributed by atoms with Crippen molar-refractivity contribution in [2.24, 2.45) is 0 Å². The van der Waals surface area contributed by atoms with Crippen LogP contribution in [0.1, 0.15) is 0 Å². The van der Waals surface area contributed by atoms with E-state index in [1.54, 1.807) is 61.2 Å². The number of aromatic nitrogens is 3. The topological polar surface area (TPSA) is 14.8 Å². The van der Waals surface area contributed by atoms with E-state index in [0.29, 0.717) is 0 Å². The van der Waals surface area contributed by atoms with Gasteiger partial charge in [0.05, 0.1) is 0 Å². The Balaban J connectivity index is 2.12. The van der Waals surface area contributed by atoms with Crippen molar-refractivity contribution in [3.8, 4) is 17.1 Å². The number of nitrogens with zero attached hydrogens (tertiary/aromatic N) is 3. The molecule has 4 rings (SSSR count). The van der Waals surface area contributed by atoms with Gasteiger partial charge in [-0.05, 0) is 36.4 Å². The summed E-state index contributed by atoms with van der Waals surface area (Å²) in [6.07, 6.45) is 9.19. The summed E-state index contributed by atoms with van der Waals surface area (Å²) in [5.74, 6) is -3.19. The van der Waals surface area contributed by atoms with Gasteiger partial charge in [0, 0.05) is 37.2 Å². The highest BCUT2D eigenvalue weighted by atomic mass is 19.2. The third kappa shape index (κ3) is 2.07. The zero-order valence-corrected chi connectivity index (χ0v) is 12.4. The average Bonchev–Trinajstić information content (AvgIpc) is 3.33. The Kier molecular flexibility index (Phi) is 3.30. The first-order valence-corrected chi connectivity index (χ1v) is 7.29. The predicted octanol–water partition coefficient (Wildman–Crippen LogP) is 4.48. The normalized spacial score (nSPS) is 11.1. The molecule has 0 N–H and O–H groups in total. The van der Waals surface area contributed by atoms with Crippen molar-refractivity contribution in [1.82, 2.24) is 13.7 Å². The second kappa shape index (κ2) is 5.49. The Morgan fingerprint density at radius 3 is 1.12 bits per heavy atom. The Morgan fingerprint density at radius 2 is 0.708 bits per heavy atom. The van der Waals surface area contributed by atoms with Crippen LogP contribution in [0.15, 0.2) is 73.6 Å². The second-order valence-electron chi connectivity index (χ2n) is 5.26. The lowest BCUT2D eigenvalue weighted by molar-refractivity contribution is 0.482. The van der Waals surface area contributed by atoms with Crippen LogP contribution in [0.2, 0.25) is 0 Å². The highest BCUT2D eigenvalue weighted by molar-refractivity contribution is 5.61. The standard InChI is InChI=1S/C18H12F3N3/c19-13-14(20)17(23-9-3-4-10-23)18(24-11-5-6-12-24)15(21)16(13)22-7-1-2-8-22/h1-12H. The molecule has 0 saturated heterocycles. The van der Waals surface area contributed by atoms with E-state index in [9.17, 15) is 8.78 Å². The molecule has 0 aliphatic carbocycles. The lowest BCUT2D eigenvalue weighted by atomic mass is 10.2. The van der Waals surface area contributed by atoms with E-state index >= 15 is 4.39 Å². The minimum Gasteiger partial charge on any atom is -0.319 e. The van der Waals surface area contributed by atoms with Crippen molar-refractivity contribution in [2.75, 3.05) is 0 Å². The first-order chi connectivity index (χ1) is 11.7. The SMILES string of the molecule is Fc1c(F)c(-n2cccc2)c(-n2cccc2)c(F)c1-n1cccc1. The molecule has 0 atom stereocenters. The van der Waals surface area contributed by atoms with Crippen LogP contribution in [-0.2, 0) is 0 Å². The largest absolute Gasteiger partial charge is 0.319 e. The molecule has 0 radical (unpaired) electrons. The van der Waals surface area contributed by atoms with E-state index in [0.717, 1.165) is 0 Å². The van der Waals surface area contributed by atoms with E-state index in [1.807, 2.05) is 0 Å². The molecule has 0 aliphatic rings. The number of hydrogen-bond donors (Lipinski definition) is 0. The fourth-order valence-corrected chi connectivity index (χ4v) is 2.77. The maximum absolute atomic E-state index is 15.2. The van der Waals surface area contributed by atoms with Crippen molar-refractivity contribution in [3.05, 3.63) is 91.0 Å². The van der Waals surface area contributed by atoms with Gasteiger partial charge in [-0.1, -0.05) is 0 Å². The third-order valence-electron chi connectivity index (χ3n) is 3.84. The van der Waals surface area contributed by atoms with Gasteiger partial charge in [0.25, 0.3) is 0 Å². The van der Waals surface area contributed by atoms with Gasteiger partial charge in [-0.2, -0.15) is 0 Å². The molecule has 4 aromatic rings. The minimum atomic E-state index is -1.23. The second-order valence-corrected chi connectivity index (χ2v) is 5.26. The molecule has 24 heavy (non-hydrogen) atoms. The van der Waals surface area contributed by atoms with Crippen LogP contribution < -0.4 is 0 Å². The predicted molar refractivity (Wildman–Crippen MR) is 84.3 cm³/mol. The molecule has 0 spiro atoms. The molecular formula is C18H12F3N3. The van der Waals surface area contributed by atoms with Gasteiger partial charge in [-0.25, -0.2) is 13.2 Å². The van der Waals surface area contributed by atoms with Gasteiger partial charge in [0.2, 0.25) is 0 Å². The van der Waals surface area contributed by atoms with Crippen LogP contribution in [0, 0.1) is 17.5 Å². The lowest BCUT2D eigenvalue weighted by Crippen LogP contribution is -2.13. The molecule has 120 valence electrons. The van der Waals surface area contributed by atoms with Crippen LogP contribution >= 0.6 is 0 Å². The number of rotatable bonds is 3. The maximum Gasteiger partial charge on any atom is 0.188 e. The summed E-state index contributed by atoms with van der Waals surface area (Å²) in [4.78, 5) is 0. The van der Waals surface area contributed by atoms with Crippen LogP contribution in [0.3, 0.4) is 0 Å². The minimum absolute atomic E-state index is 0.0567. The van der Waals surface area contributed by atoms with Gasteiger partial charge in [0.1, 0.15) is 17.1 Å². The highest BCUT2D eigenvalue weighted by Crippen LogP contribution is 2.33. The van der Waals surface area contributed by atoms with Crippen molar-refractivity contribution >= 4 is 0 Å². The molecule has 0 saturated carbocycles. The Morgan fingerprint density at radius 1 is 0.417 bits per heavy atom. The summed E-state index contributed by atoms with van der Waals surface area (Å²) in [6, 6.07) is 9.94. The number of halogens is 3. The molecule has 3 heterocycles. The lowest BCUT2D eigenvalue weighted by Gasteiger charge is -2.18. The molecule has 3 aromatic heterocycles. The fraction of sp³-hybridized carbons (Fsp3) is 0. The van der Waals surface area contributed by atoms with Gasteiger partial charge in [0.15, 0.2) is 17.5 Å². The molecule has 0 bridgehead atoms. The maximum atomic E-state index is 15.2. The van der Waals surface area contributed by atoms with E-state index < -0.39 is 23.1 Å². The Labute approximate surface area is 135 Å². The van der Waals surface area contributed by atoms with Crippen LogP contribution in [-0.4, -0.2) is 13.7 Å². The summed E-state index contributed by atoms with van der Waals surface area (Å²) in [7, 11) is 0. The average molecular weight is 327 g/mol. The van der Waals surface area contributed by atoms with E-state index in [1.165, 1.54) is 26.1 Å². The van der Waals surface area contributed by atoms with E-state index in [2.05, 4.69) is 0 Å². The molecule has 0 unspecified atom stereocenters. The van der Waals surface area contributed by atoms with Crippen molar-refractivity contribution in [3.63, 3.8) is 0 Å². The molecule has 0 amide bonds. The van der Waals surface area contributed by atoms with Crippen LogP contribution in [0.5, 0.6) is 0 Å². The quantitative estimate of drug-likeness (QED) is 0.493. The highest BCUT2D eigenvalue weighted by Gasteiger charge is 2.27. The number of benzene rings is 1. The van der Waals surface area contributed by atoms with E-state index in [4.69, 9.17) is 0 Å². The van der Waals surface area contributed by atoms with Gasteiger partial charge >= 0.3 is 0 Å². The zero-order chi connectivity index (χ0) is 16.7. The van der Waals surface area contributed by atoms with Crippen LogP contribution in [0.4, 0.5) is 13.2 Å². The Hall–Kier alpha value is -3.15. The molecule has 0 fully saturated rings. The number of hydrogen-bond acceptors (Lipinski definition) is 0. The van der Waals surface area contributed by atoms with Crippen molar-refractivity contribution in [2.45, 2.75) is 0 Å². The summed E-state index contributed by atoms with van der Waals surface area (Å²) in [5.41, 5.74) is -0.682. The molecule has 3 nitrogen and oxygen atoms in total. The summed E-state index contributed by atoms with van der Waals surface area (Å²) in [6.45, 7) is 0. The first-order valence-electron chi connectivity index (χ1n) is 7.29. The smallest absolute Gasteiger partial charge is 0.188 e. The summed E-state index contributed by atoms with van der Waals surface area (Å²) >= 11 is 0. The fourth-order valence-electron chi connectivity index (χ4n) is 2.77. The van der Waals surface area contributed by atoms with Gasteiger partial charge < -0.3 is 13.7 Å². The van der Waals surface area contributed by atoms with E-state index in [-0.39, 0.29) is 11.4 Å². The zero-order valence-electron chi connectivity index (χ0n) is 12.4. The van der Waals surface area contributed by atoms with Crippen LogP contribution in [0.25, 0.3) is 17.1 Å². The Bertz CT molecular complexity index is 970. The van der Waals surface area contributed by atoms with Gasteiger partial charge in [-0.15, -0.1) is 0 Å². The summed E-state index contributed by atoms with van der Waals surface area (Å²) < 4.78 is 48.7. The van der Waals surface area contributed by atoms with Crippen molar-refractivity contribution < 1.29 is 13.2 Å². The first kappa shape index (κ1) is 14.4. The van der Waals surface area contributed by atoms with Gasteiger partial charge in [-0.3, -0.25) is 0 Å². The molecular weight excluding hydrogens is 315 g/mol. The summed E-state index contributed by atoms with van der Waals surface area (Å²) in [5, 5.41) is 0. The molecule has 6 heteroatoms. The monoisotopic (exact) mass is 327 g/mol.